The van der Waals surface area contributed by atoms with Crippen molar-refractivity contribution in [1.82, 2.24) is 5.32 Å². The molecule has 0 saturated carbocycles. The van der Waals surface area contributed by atoms with E-state index in [1.54, 1.807) is 18.2 Å². The van der Waals surface area contributed by atoms with Gasteiger partial charge in [-0.2, -0.15) is 0 Å². The fourth-order valence-electron chi connectivity index (χ4n) is 2.78. The average Bonchev–Trinajstić information content (AvgIpc) is 2.55. The molecule has 5 nitrogen and oxygen atoms in total. The van der Waals surface area contributed by atoms with Crippen LogP contribution < -0.4 is 5.32 Å². The average molecular weight is 305 g/mol. The highest BCUT2D eigenvalue weighted by atomic mass is 16.5. The van der Waals surface area contributed by atoms with Gasteiger partial charge in [-0.05, 0) is 42.9 Å². The van der Waals surface area contributed by atoms with Crippen molar-refractivity contribution < 1.29 is 19.4 Å². The van der Waals surface area contributed by atoms with Crippen LogP contribution in [-0.4, -0.2) is 36.7 Å². The van der Waals surface area contributed by atoms with Gasteiger partial charge in [0.2, 0.25) is 5.91 Å². The van der Waals surface area contributed by atoms with Crippen LogP contribution in [-0.2, 0) is 16.0 Å². The first-order valence-electron chi connectivity index (χ1n) is 7.75. The summed E-state index contributed by atoms with van der Waals surface area (Å²) in [6.07, 6.45) is 2.51. The first-order chi connectivity index (χ1) is 10.6. The molecule has 0 spiro atoms. The number of hydrogen-bond donors (Lipinski definition) is 2. The van der Waals surface area contributed by atoms with Crippen molar-refractivity contribution in [1.29, 1.82) is 0 Å². The molecule has 120 valence electrons. The van der Waals surface area contributed by atoms with E-state index in [-0.39, 0.29) is 17.4 Å². The van der Waals surface area contributed by atoms with Crippen molar-refractivity contribution in [2.75, 3.05) is 19.8 Å². The van der Waals surface area contributed by atoms with E-state index in [1.165, 1.54) is 0 Å². The molecule has 0 aliphatic carbocycles. The molecule has 22 heavy (non-hydrogen) atoms. The van der Waals surface area contributed by atoms with E-state index in [0.29, 0.717) is 18.9 Å². The smallest absolute Gasteiger partial charge is 0.335 e. The van der Waals surface area contributed by atoms with Crippen molar-refractivity contribution in [3.05, 3.63) is 35.4 Å². The van der Waals surface area contributed by atoms with Gasteiger partial charge in [-0.15, -0.1) is 0 Å². The Labute approximate surface area is 130 Å². The number of benzene rings is 1. The SMILES string of the molecule is CC(C(=O)NCCc1cccc(C(=O)O)c1)C1CCOCC1. The van der Waals surface area contributed by atoms with Gasteiger partial charge in [0.05, 0.1) is 5.56 Å². The number of rotatable bonds is 6. The van der Waals surface area contributed by atoms with Crippen LogP contribution >= 0.6 is 0 Å². The number of carbonyl (C=O) groups excluding carboxylic acids is 1. The maximum absolute atomic E-state index is 12.2. The van der Waals surface area contributed by atoms with Gasteiger partial charge in [-0.1, -0.05) is 19.1 Å². The van der Waals surface area contributed by atoms with Crippen LogP contribution in [0.25, 0.3) is 0 Å². The van der Waals surface area contributed by atoms with E-state index in [1.807, 2.05) is 13.0 Å². The van der Waals surface area contributed by atoms with Gasteiger partial charge in [-0.3, -0.25) is 4.79 Å². The molecular weight excluding hydrogens is 282 g/mol. The van der Waals surface area contributed by atoms with Gasteiger partial charge in [0, 0.05) is 25.7 Å². The lowest BCUT2D eigenvalue weighted by atomic mass is 9.87. The van der Waals surface area contributed by atoms with Gasteiger partial charge in [-0.25, -0.2) is 4.79 Å². The van der Waals surface area contributed by atoms with Gasteiger partial charge < -0.3 is 15.2 Å². The highest BCUT2D eigenvalue weighted by Gasteiger charge is 2.25. The van der Waals surface area contributed by atoms with Crippen LogP contribution in [0.2, 0.25) is 0 Å². The Morgan fingerprint density at radius 3 is 2.77 bits per heavy atom. The lowest BCUT2D eigenvalue weighted by molar-refractivity contribution is -0.127. The molecule has 1 aliphatic heterocycles. The van der Waals surface area contributed by atoms with E-state index in [4.69, 9.17) is 9.84 Å². The number of ether oxygens (including phenoxy) is 1. The van der Waals surface area contributed by atoms with Gasteiger partial charge in [0.15, 0.2) is 0 Å². The lowest BCUT2D eigenvalue weighted by Crippen LogP contribution is -2.36. The maximum Gasteiger partial charge on any atom is 0.335 e. The second-order valence-electron chi connectivity index (χ2n) is 5.79. The van der Waals surface area contributed by atoms with E-state index >= 15 is 0 Å². The maximum atomic E-state index is 12.2. The van der Waals surface area contributed by atoms with Crippen molar-refractivity contribution in [2.45, 2.75) is 26.2 Å². The lowest BCUT2D eigenvalue weighted by Gasteiger charge is -2.26. The minimum absolute atomic E-state index is 0.00532. The summed E-state index contributed by atoms with van der Waals surface area (Å²) in [6.45, 7) is 3.97. The summed E-state index contributed by atoms with van der Waals surface area (Å²) < 4.78 is 5.32. The number of nitrogens with one attached hydrogen (secondary N) is 1. The zero-order valence-corrected chi connectivity index (χ0v) is 12.9. The fraction of sp³-hybridized carbons (Fsp3) is 0.529. The van der Waals surface area contributed by atoms with Gasteiger partial charge in [0.25, 0.3) is 0 Å². The van der Waals surface area contributed by atoms with Crippen molar-refractivity contribution in [2.24, 2.45) is 11.8 Å². The molecule has 1 saturated heterocycles. The summed E-state index contributed by atoms with van der Waals surface area (Å²) in [5.41, 5.74) is 1.19. The second kappa shape index (κ2) is 7.94. The molecule has 1 aliphatic rings. The summed E-state index contributed by atoms with van der Waals surface area (Å²) in [4.78, 5) is 23.1. The molecule has 0 bridgehead atoms. The summed E-state index contributed by atoms with van der Waals surface area (Å²) in [5, 5.41) is 11.9. The first kappa shape index (κ1) is 16.5. The Kier molecular flexibility index (Phi) is 5.95. The van der Waals surface area contributed by atoms with Crippen molar-refractivity contribution in [3.8, 4) is 0 Å². The molecule has 1 aromatic rings. The second-order valence-corrected chi connectivity index (χ2v) is 5.79. The standard InChI is InChI=1S/C17H23NO4/c1-12(14-6-9-22-10-7-14)16(19)18-8-5-13-3-2-4-15(11-13)17(20)21/h2-4,11-12,14H,5-10H2,1H3,(H,18,19)(H,20,21). The van der Waals surface area contributed by atoms with Crippen LogP contribution in [0.4, 0.5) is 0 Å². The van der Waals surface area contributed by atoms with Gasteiger partial charge >= 0.3 is 5.97 Å². The van der Waals surface area contributed by atoms with Crippen molar-refractivity contribution >= 4 is 11.9 Å². The van der Waals surface area contributed by atoms with E-state index in [9.17, 15) is 9.59 Å². The zero-order valence-electron chi connectivity index (χ0n) is 12.9. The number of carboxylic acids is 1. The fourth-order valence-corrected chi connectivity index (χ4v) is 2.78. The molecule has 1 atom stereocenters. The first-order valence-corrected chi connectivity index (χ1v) is 7.75. The summed E-state index contributed by atoms with van der Waals surface area (Å²) in [6, 6.07) is 6.82. The Hall–Kier alpha value is -1.88. The predicted octanol–water partition coefficient (Wildman–Crippen LogP) is 2.11. The molecule has 1 aromatic carbocycles. The number of hydrogen-bond acceptors (Lipinski definition) is 3. The largest absolute Gasteiger partial charge is 0.478 e. The Morgan fingerprint density at radius 1 is 1.36 bits per heavy atom. The topological polar surface area (TPSA) is 75.6 Å². The molecule has 2 rings (SSSR count). The molecule has 1 heterocycles. The molecule has 0 radical (unpaired) electrons. The van der Waals surface area contributed by atoms with Crippen molar-refractivity contribution in [3.63, 3.8) is 0 Å². The molecule has 5 heteroatoms. The molecule has 1 amide bonds. The Bertz CT molecular complexity index is 523. The molecule has 1 unspecified atom stereocenters. The summed E-state index contributed by atoms with van der Waals surface area (Å²) >= 11 is 0. The number of carbonyl (C=O) groups is 2. The normalized spacial score (nSPS) is 17.0. The van der Waals surface area contributed by atoms with Crippen LogP contribution in [0.1, 0.15) is 35.7 Å². The highest BCUT2D eigenvalue weighted by molar-refractivity contribution is 5.87. The Balaban J connectivity index is 1.79. The molecule has 2 N–H and O–H groups in total. The monoisotopic (exact) mass is 305 g/mol. The third-order valence-electron chi connectivity index (χ3n) is 4.27. The molecular formula is C17H23NO4. The van der Waals surface area contributed by atoms with E-state index in [0.717, 1.165) is 31.6 Å². The Morgan fingerprint density at radius 2 is 2.09 bits per heavy atom. The minimum Gasteiger partial charge on any atom is -0.478 e. The third kappa shape index (κ3) is 4.56. The number of aromatic carboxylic acids is 1. The highest BCUT2D eigenvalue weighted by Crippen LogP contribution is 2.23. The van der Waals surface area contributed by atoms with Crippen LogP contribution in [0, 0.1) is 11.8 Å². The quantitative estimate of drug-likeness (QED) is 0.844. The third-order valence-corrected chi connectivity index (χ3v) is 4.27. The zero-order chi connectivity index (χ0) is 15.9. The van der Waals surface area contributed by atoms with Crippen LogP contribution in [0.3, 0.4) is 0 Å². The molecule has 0 aromatic heterocycles. The predicted molar refractivity (Wildman–Crippen MR) is 82.8 cm³/mol. The minimum atomic E-state index is -0.931. The summed E-state index contributed by atoms with van der Waals surface area (Å²) in [7, 11) is 0. The van der Waals surface area contributed by atoms with E-state index in [2.05, 4.69) is 5.32 Å². The number of carboxylic acid groups (broad SMARTS) is 1. The van der Waals surface area contributed by atoms with E-state index < -0.39 is 5.97 Å². The van der Waals surface area contributed by atoms with Gasteiger partial charge in [0.1, 0.15) is 0 Å². The van der Waals surface area contributed by atoms with Crippen LogP contribution in [0.15, 0.2) is 24.3 Å². The summed E-state index contributed by atoms with van der Waals surface area (Å²) in [5.74, 6) is -0.473. The number of amides is 1. The van der Waals surface area contributed by atoms with Crippen LogP contribution in [0.5, 0.6) is 0 Å². The molecule has 1 fully saturated rings.